The predicted molar refractivity (Wildman–Crippen MR) is 82.5 cm³/mol. The monoisotopic (exact) mass is 336 g/mol. The summed E-state index contributed by atoms with van der Waals surface area (Å²) in [5, 5.41) is 8.49. The van der Waals surface area contributed by atoms with Crippen LogP contribution in [0.1, 0.15) is 21.7 Å². The van der Waals surface area contributed by atoms with Gasteiger partial charge in [0.15, 0.2) is 5.78 Å². The van der Waals surface area contributed by atoms with E-state index >= 15 is 0 Å². The van der Waals surface area contributed by atoms with Crippen LogP contribution in [0.5, 0.6) is 0 Å². The highest BCUT2D eigenvalue weighted by Crippen LogP contribution is 2.23. The van der Waals surface area contributed by atoms with Gasteiger partial charge < -0.3 is 5.11 Å². The number of carbonyl (C=O) groups is 3. The normalized spacial score (nSPS) is 11.8. The Morgan fingerprint density at radius 1 is 1.05 bits per heavy atom. The molecule has 22 heavy (non-hydrogen) atoms. The van der Waals surface area contributed by atoms with Gasteiger partial charge >= 0.3 is 5.97 Å². The van der Waals surface area contributed by atoms with Gasteiger partial charge in [-0.3, -0.25) is 13.8 Å². The van der Waals surface area contributed by atoms with Crippen LogP contribution in [0.25, 0.3) is 0 Å². The average Bonchev–Trinajstić information content (AvgIpc) is 2.98. The SMILES string of the molecule is O=C(O)C(=O)CC(=O)c1ccc(S(=O)Cc2ccccc2)s1. The summed E-state index contributed by atoms with van der Waals surface area (Å²) in [6.45, 7) is 0. The highest BCUT2D eigenvalue weighted by Gasteiger charge is 2.20. The van der Waals surface area contributed by atoms with Gasteiger partial charge in [-0.15, -0.1) is 11.3 Å². The molecule has 1 N–H and O–H groups in total. The minimum Gasteiger partial charge on any atom is -0.475 e. The zero-order valence-electron chi connectivity index (χ0n) is 11.4. The Balaban J connectivity index is 2.04. The van der Waals surface area contributed by atoms with Crippen LogP contribution >= 0.6 is 11.3 Å². The van der Waals surface area contributed by atoms with E-state index in [-0.39, 0.29) is 4.88 Å². The van der Waals surface area contributed by atoms with Crippen molar-refractivity contribution in [3.05, 3.63) is 52.9 Å². The fourth-order valence-electron chi connectivity index (χ4n) is 1.70. The zero-order chi connectivity index (χ0) is 16.1. The molecular weight excluding hydrogens is 324 g/mol. The third kappa shape index (κ3) is 4.19. The first-order chi connectivity index (χ1) is 10.5. The van der Waals surface area contributed by atoms with E-state index in [1.54, 1.807) is 6.07 Å². The van der Waals surface area contributed by atoms with Crippen molar-refractivity contribution in [2.45, 2.75) is 16.4 Å². The first kappa shape index (κ1) is 16.3. The van der Waals surface area contributed by atoms with Crippen molar-refractivity contribution >= 4 is 39.7 Å². The molecule has 0 aliphatic rings. The second-order valence-electron chi connectivity index (χ2n) is 4.42. The van der Waals surface area contributed by atoms with Gasteiger partial charge in [0.05, 0.1) is 32.1 Å². The molecule has 0 saturated carbocycles. The van der Waals surface area contributed by atoms with Crippen LogP contribution in [0.15, 0.2) is 46.7 Å². The molecule has 1 atom stereocenters. The van der Waals surface area contributed by atoms with E-state index in [4.69, 9.17) is 5.11 Å². The number of benzene rings is 1. The third-order valence-electron chi connectivity index (χ3n) is 2.78. The first-order valence-electron chi connectivity index (χ1n) is 6.29. The van der Waals surface area contributed by atoms with Crippen LogP contribution in [0.3, 0.4) is 0 Å². The Labute approximate surface area is 133 Å². The highest BCUT2D eigenvalue weighted by molar-refractivity contribution is 7.86. The molecule has 0 aliphatic heterocycles. The summed E-state index contributed by atoms with van der Waals surface area (Å²) in [6.07, 6.45) is -0.680. The molecule has 1 aromatic carbocycles. The molecule has 0 saturated heterocycles. The van der Waals surface area contributed by atoms with Crippen molar-refractivity contribution in [1.29, 1.82) is 0 Å². The predicted octanol–water partition coefficient (Wildman–Crippen LogP) is 2.28. The van der Waals surface area contributed by atoms with Crippen LogP contribution in [-0.4, -0.2) is 26.9 Å². The van der Waals surface area contributed by atoms with Gasteiger partial charge in [-0.25, -0.2) is 4.79 Å². The molecule has 0 aliphatic carbocycles. The van der Waals surface area contributed by atoms with Gasteiger partial charge in [-0.2, -0.15) is 0 Å². The lowest BCUT2D eigenvalue weighted by Gasteiger charge is -1.99. The van der Waals surface area contributed by atoms with Crippen LogP contribution in [0.4, 0.5) is 0 Å². The summed E-state index contributed by atoms with van der Waals surface area (Å²) in [7, 11) is -1.29. The Morgan fingerprint density at radius 3 is 2.36 bits per heavy atom. The molecule has 0 bridgehead atoms. The summed E-state index contributed by atoms with van der Waals surface area (Å²) in [6, 6.07) is 12.4. The molecule has 0 amide bonds. The molecule has 7 heteroatoms. The van der Waals surface area contributed by atoms with Gasteiger partial charge in [0.2, 0.25) is 5.78 Å². The van der Waals surface area contributed by atoms with Crippen molar-refractivity contribution in [3.63, 3.8) is 0 Å². The number of hydrogen-bond acceptors (Lipinski definition) is 5. The van der Waals surface area contributed by atoms with Crippen LogP contribution in [0, 0.1) is 0 Å². The summed E-state index contributed by atoms with van der Waals surface area (Å²) in [4.78, 5) is 33.5. The standard InChI is InChI=1S/C15H12O5S2/c16-11(8-12(17)15(18)19)13-6-7-14(21-13)22(20)9-10-4-2-1-3-5-10/h1-7H,8-9H2,(H,18,19). The molecule has 1 unspecified atom stereocenters. The van der Waals surface area contributed by atoms with Crippen molar-refractivity contribution in [3.8, 4) is 0 Å². The number of Topliss-reactive ketones (excluding diaryl/α,β-unsaturated/α-hetero) is 2. The zero-order valence-corrected chi connectivity index (χ0v) is 13.0. The second-order valence-corrected chi connectivity index (χ2v) is 7.18. The second kappa shape index (κ2) is 7.24. The van der Waals surface area contributed by atoms with E-state index in [2.05, 4.69) is 0 Å². The summed E-state index contributed by atoms with van der Waals surface area (Å²) in [5.74, 6) is -3.01. The highest BCUT2D eigenvalue weighted by atomic mass is 32.2. The van der Waals surface area contributed by atoms with E-state index in [0.717, 1.165) is 16.9 Å². The van der Waals surface area contributed by atoms with Gasteiger partial charge in [0, 0.05) is 0 Å². The quantitative estimate of drug-likeness (QED) is 0.476. The number of ketones is 2. The molecule has 0 fully saturated rings. The molecule has 2 rings (SSSR count). The minimum absolute atomic E-state index is 0.242. The van der Waals surface area contributed by atoms with E-state index < -0.39 is 34.8 Å². The Morgan fingerprint density at radius 2 is 1.73 bits per heavy atom. The van der Waals surface area contributed by atoms with Crippen LogP contribution in [0.2, 0.25) is 0 Å². The lowest BCUT2D eigenvalue weighted by molar-refractivity contribution is -0.148. The number of carbonyl (C=O) groups excluding carboxylic acids is 2. The maximum Gasteiger partial charge on any atom is 0.372 e. The van der Waals surface area contributed by atoms with Gasteiger partial charge in [0.1, 0.15) is 0 Å². The number of carboxylic acid groups (broad SMARTS) is 1. The average molecular weight is 336 g/mol. The molecule has 2 aromatic rings. The number of thiophene rings is 1. The molecule has 1 aromatic heterocycles. The Bertz CT molecular complexity index is 733. The minimum atomic E-state index is -1.63. The number of carboxylic acids is 1. The maximum absolute atomic E-state index is 12.2. The van der Waals surface area contributed by atoms with E-state index in [9.17, 15) is 18.6 Å². The number of hydrogen-bond donors (Lipinski definition) is 1. The van der Waals surface area contributed by atoms with Crippen molar-refractivity contribution in [2.75, 3.05) is 0 Å². The van der Waals surface area contributed by atoms with E-state index in [0.29, 0.717) is 9.96 Å². The van der Waals surface area contributed by atoms with Gasteiger partial charge in [-0.05, 0) is 17.7 Å². The van der Waals surface area contributed by atoms with Crippen molar-refractivity contribution in [1.82, 2.24) is 0 Å². The maximum atomic E-state index is 12.2. The van der Waals surface area contributed by atoms with Gasteiger partial charge in [0.25, 0.3) is 0 Å². The van der Waals surface area contributed by atoms with E-state index in [1.807, 2.05) is 30.3 Å². The lowest BCUT2D eigenvalue weighted by Crippen LogP contribution is -2.16. The van der Waals surface area contributed by atoms with Gasteiger partial charge in [-0.1, -0.05) is 30.3 Å². The smallest absolute Gasteiger partial charge is 0.372 e. The van der Waals surface area contributed by atoms with Crippen molar-refractivity contribution in [2.24, 2.45) is 0 Å². The fourth-order valence-corrected chi connectivity index (χ4v) is 4.05. The Hall–Kier alpha value is -2.12. The molecule has 5 nitrogen and oxygen atoms in total. The fraction of sp³-hybridized carbons (Fsp3) is 0.133. The number of aliphatic carboxylic acids is 1. The molecule has 1 heterocycles. The van der Waals surface area contributed by atoms with Crippen LogP contribution < -0.4 is 0 Å². The summed E-state index contributed by atoms with van der Waals surface area (Å²) in [5.41, 5.74) is 0.920. The molecular formula is C15H12O5S2. The van der Waals surface area contributed by atoms with Crippen molar-refractivity contribution < 1.29 is 23.7 Å². The Kier molecular flexibility index (Phi) is 5.35. The molecule has 0 spiro atoms. The van der Waals surface area contributed by atoms with E-state index in [1.165, 1.54) is 6.07 Å². The summed E-state index contributed by atoms with van der Waals surface area (Å²) < 4.78 is 12.8. The summed E-state index contributed by atoms with van der Waals surface area (Å²) >= 11 is 1.03. The lowest BCUT2D eigenvalue weighted by atomic mass is 10.2. The third-order valence-corrected chi connectivity index (χ3v) is 5.69. The topological polar surface area (TPSA) is 88.5 Å². The first-order valence-corrected chi connectivity index (χ1v) is 8.42. The molecule has 0 radical (unpaired) electrons. The largest absolute Gasteiger partial charge is 0.475 e. The number of rotatable bonds is 7. The molecule has 114 valence electrons. The van der Waals surface area contributed by atoms with Crippen LogP contribution in [-0.2, 0) is 26.1 Å².